The van der Waals surface area contributed by atoms with Crippen LogP contribution in [0.5, 0.6) is 0 Å². The van der Waals surface area contributed by atoms with E-state index < -0.39 is 9.85 Å². The normalized spacial score (nSPS) is 11.9. The molecule has 2 aromatic rings. The van der Waals surface area contributed by atoms with Crippen LogP contribution in [-0.4, -0.2) is 19.8 Å². The first-order valence-corrected chi connectivity index (χ1v) is 6.21. The van der Waals surface area contributed by atoms with E-state index in [0.717, 1.165) is 6.07 Å². The van der Waals surface area contributed by atoms with Gasteiger partial charge in [-0.15, -0.1) is 0 Å². The van der Waals surface area contributed by atoms with Crippen molar-refractivity contribution < 1.29 is 9.85 Å². The number of rotatable bonds is 6. The van der Waals surface area contributed by atoms with Crippen LogP contribution in [0, 0.1) is 20.2 Å². The molecular weight excluding hydrogens is 278 g/mol. The Morgan fingerprint density at radius 1 is 1.33 bits per heavy atom. The fourth-order valence-corrected chi connectivity index (χ4v) is 1.93. The van der Waals surface area contributed by atoms with Crippen molar-refractivity contribution in [1.29, 1.82) is 0 Å². The van der Waals surface area contributed by atoms with Crippen LogP contribution >= 0.6 is 0 Å². The molecule has 0 radical (unpaired) electrons. The maximum atomic E-state index is 11.1. The van der Waals surface area contributed by atoms with Crippen molar-refractivity contribution in [2.45, 2.75) is 19.4 Å². The molecule has 9 heteroatoms. The number of benzene rings is 1. The SMILES string of the molecule is CC[C@@H](Nc1ccc([N+](=O)[O-])cc1[N+](=O)[O-])c1ncc[nH]1. The molecule has 2 N–H and O–H groups in total. The highest BCUT2D eigenvalue weighted by molar-refractivity contribution is 5.65. The van der Waals surface area contributed by atoms with E-state index >= 15 is 0 Å². The van der Waals surface area contributed by atoms with Crippen molar-refractivity contribution in [2.75, 3.05) is 5.32 Å². The molecule has 0 fully saturated rings. The summed E-state index contributed by atoms with van der Waals surface area (Å²) in [7, 11) is 0. The quantitative estimate of drug-likeness (QED) is 0.622. The second-order valence-electron chi connectivity index (χ2n) is 4.30. The lowest BCUT2D eigenvalue weighted by Crippen LogP contribution is -2.12. The van der Waals surface area contributed by atoms with Gasteiger partial charge in [0.05, 0.1) is 22.0 Å². The van der Waals surface area contributed by atoms with Gasteiger partial charge in [-0.05, 0) is 12.5 Å². The van der Waals surface area contributed by atoms with E-state index in [1.165, 1.54) is 12.1 Å². The van der Waals surface area contributed by atoms with Crippen LogP contribution in [0.3, 0.4) is 0 Å². The van der Waals surface area contributed by atoms with Crippen molar-refractivity contribution in [3.05, 3.63) is 56.6 Å². The standard InChI is InChI=1S/C12H13N5O4/c1-2-9(12-13-5-6-14-12)15-10-4-3-8(16(18)19)7-11(10)17(20)21/h3-7,9,15H,2H2,1H3,(H,13,14)/t9-/m1/s1. The molecule has 0 spiro atoms. The summed E-state index contributed by atoms with van der Waals surface area (Å²) in [6.45, 7) is 1.90. The van der Waals surface area contributed by atoms with Crippen molar-refractivity contribution in [3.8, 4) is 0 Å². The van der Waals surface area contributed by atoms with Gasteiger partial charge >= 0.3 is 0 Å². The number of anilines is 1. The van der Waals surface area contributed by atoms with E-state index in [9.17, 15) is 20.2 Å². The highest BCUT2D eigenvalue weighted by Crippen LogP contribution is 2.31. The molecule has 21 heavy (non-hydrogen) atoms. The topological polar surface area (TPSA) is 127 Å². The lowest BCUT2D eigenvalue weighted by molar-refractivity contribution is -0.393. The van der Waals surface area contributed by atoms with E-state index in [1.54, 1.807) is 12.4 Å². The van der Waals surface area contributed by atoms with Gasteiger partial charge in [0.1, 0.15) is 11.5 Å². The number of non-ortho nitro benzene ring substituents is 1. The lowest BCUT2D eigenvalue weighted by Gasteiger charge is -2.15. The minimum Gasteiger partial charge on any atom is -0.370 e. The number of nitro groups is 2. The van der Waals surface area contributed by atoms with Crippen molar-refractivity contribution in [1.82, 2.24) is 9.97 Å². The van der Waals surface area contributed by atoms with Gasteiger partial charge in [-0.2, -0.15) is 0 Å². The first-order chi connectivity index (χ1) is 10.0. The van der Waals surface area contributed by atoms with Crippen LogP contribution in [0.1, 0.15) is 25.2 Å². The lowest BCUT2D eigenvalue weighted by atomic mass is 10.1. The van der Waals surface area contributed by atoms with Gasteiger partial charge in [0.25, 0.3) is 11.4 Å². The highest BCUT2D eigenvalue weighted by Gasteiger charge is 2.22. The van der Waals surface area contributed by atoms with Gasteiger partial charge in [0, 0.05) is 18.5 Å². The van der Waals surface area contributed by atoms with Crippen LogP contribution in [-0.2, 0) is 0 Å². The first kappa shape index (κ1) is 14.4. The third-order valence-electron chi connectivity index (χ3n) is 2.98. The predicted octanol–water partition coefficient (Wildman–Crippen LogP) is 2.79. The maximum absolute atomic E-state index is 11.1. The Balaban J connectivity index is 2.34. The second-order valence-corrected chi connectivity index (χ2v) is 4.30. The van der Waals surface area contributed by atoms with Crippen molar-refractivity contribution in [2.24, 2.45) is 0 Å². The monoisotopic (exact) mass is 291 g/mol. The number of H-pyrrole nitrogens is 1. The fraction of sp³-hybridized carbons (Fsp3) is 0.250. The Bertz CT molecular complexity index is 656. The summed E-state index contributed by atoms with van der Waals surface area (Å²) in [6, 6.07) is 3.25. The van der Waals surface area contributed by atoms with E-state index in [2.05, 4.69) is 15.3 Å². The van der Waals surface area contributed by atoms with Crippen LogP contribution in [0.15, 0.2) is 30.6 Å². The summed E-state index contributed by atoms with van der Waals surface area (Å²) in [6.07, 6.45) is 3.88. The number of nitrogens with one attached hydrogen (secondary N) is 2. The Morgan fingerprint density at radius 2 is 2.10 bits per heavy atom. The number of imidazole rings is 1. The van der Waals surface area contributed by atoms with Crippen LogP contribution in [0.2, 0.25) is 0 Å². The number of nitrogens with zero attached hydrogens (tertiary/aromatic N) is 3. The van der Waals surface area contributed by atoms with E-state index in [1.807, 2.05) is 6.92 Å². The molecule has 0 saturated carbocycles. The van der Waals surface area contributed by atoms with Crippen LogP contribution < -0.4 is 5.32 Å². The number of aromatic nitrogens is 2. The summed E-state index contributed by atoms with van der Waals surface area (Å²) < 4.78 is 0. The van der Waals surface area contributed by atoms with Gasteiger partial charge in [-0.1, -0.05) is 6.92 Å². The molecular formula is C12H13N5O4. The molecule has 1 atom stereocenters. The first-order valence-electron chi connectivity index (χ1n) is 6.21. The van der Waals surface area contributed by atoms with Gasteiger partial charge in [0.15, 0.2) is 0 Å². The maximum Gasteiger partial charge on any atom is 0.299 e. The van der Waals surface area contributed by atoms with Crippen LogP contribution in [0.25, 0.3) is 0 Å². The molecule has 110 valence electrons. The molecule has 1 aromatic carbocycles. The summed E-state index contributed by atoms with van der Waals surface area (Å²) in [5.74, 6) is 0.644. The Hall–Kier alpha value is -2.97. The van der Waals surface area contributed by atoms with Gasteiger partial charge in [0.2, 0.25) is 0 Å². The van der Waals surface area contributed by atoms with Gasteiger partial charge < -0.3 is 10.3 Å². The molecule has 0 saturated heterocycles. The van der Waals surface area contributed by atoms with Crippen LogP contribution in [0.4, 0.5) is 17.1 Å². The molecule has 0 aliphatic heterocycles. The molecule has 9 nitrogen and oxygen atoms in total. The molecule has 0 aliphatic carbocycles. The number of nitro benzene ring substituents is 2. The fourth-order valence-electron chi connectivity index (χ4n) is 1.93. The predicted molar refractivity (Wildman–Crippen MR) is 75.0 cm³/mol. The smallest absolute Gasteiger partial charge is 0.299 e. The number of hydrogen-bond acceptors (Lipinski definition) is 6. The Morgan fingerprint density at radius 3 is 2.62 bits per heavy atom. The van der Waals surface area contributed by atoms with E-state index in [4.69, 9.17) is 0 Å². The van der Waals surface area contributed by atoms with Crippen molar-refractivity contribution >= 4 is 17.1 Å². The average Bonchev–Trinajstić information content (AvgIpc) is 2.98. The Kier molecular flexibility index (Phi) is 4.12. The molecule has 0 aliphatic rings. The van der Waals surface area contributed by atoms with E-state index in [0.29, 0.717) is 12.2 Å². The zero-order valence-corrected chi connectivity index (χ0v) is 11.1. The summed E-state index contributed by atoms with van der Waals surface area (Å²) in [5, 5.41) is 24.8. The van der Waals surface area contributed by atoms with E-state index in [-0.39, 0.29) is 23.1 Å². The van der Waals surface area contributed by atoms with Gasteiger partial charge in [-0.25, -0.2) is 4.98 Å². The second kappa shape index (κ2) is 5.99. The molecule has 0 amide bonds. The Labute approximate surface area is 119 Å². The summed E-state index contributed by atoms with van der Waals surface area (Å²) >= 11 is 0. The molecule has 0 bridgehead atoms. The third kappa shape index (κ3) is 3.14. The molecule has 1 aromatic heterocycles. The third-order valence-corrected chi connectivity index (χ3v) is 2.98. The minimum absolute atomic E-state index is 0.217. The average molecular weight is 291 g/mol. The zero-order chi connectivity index (χ0) is 15.4. The highest BCUT2D eigenvalue weighted by atomic mass is 16.6. The van der Waals surface area contributed by atoms with Gasteiger partial charge in [-0.3, -0.25) is 20.2 Å². The molecule has 1 heterocycles. The number of hydrogen-bond donors (Lipinski definition) is 2. The minimum atomic E-state index is -0.666. The summed E-state index contributed by atoms with van der Waals surface area (Å²) in [4.78, 5) is 27.5. The largest absolute Gasteiger partial charge is 0.370 e. The zero-order valence-electron chi connectivity index (χ0n) is 11.1. The summed E-state index contributed by atoms with van der Waals surface area (Å²) in [5.41, 5.74) is -0.443. The molecule has 0 unspecified atom stereocenters. The number of aromatic amines is 1. The molecule has 2 rings (SSSR count). The van der Waals surface area contributed by atoms with Crippen molar-refractivity contribution in [3.63, 3.8) is 0 Å².